The molecular weight excluding hydrogens is 326 g/mol. The Hall–Kier alpha value is -2.05. The molecule has 0 unspecified atom stereocenters. The molecule has 1 aromatic carbocycles. The van der Waals surface area contributed by atoms with Crippen LogP contribution < -0.4 is 5.32 Å². The zero-order chi connectivity index (χ0) is 16.1. The van der Waals surface area contributed by atoms with Crippen LogP contribution in [0.1, 0.15) is 11.8 Å². The molecule has 23 heavy (non-hydrogen) atoms. The van der Waals surface area contributed by atoms with E-state index in [1.165, 1.54) is 11.8 Å². The number of imidazole rings is 1. The van der Waals surface area contributed by atoms with Gasteiger partial charge in [0, 0.05) is 23.0 Å². The molecule has 6 heteroatoms. The van der Waals surface area contributed by atoms with Crippen LogP contribution >= 0.6 is 23.1 Å². The van der Waals surface area contributed by atoms with Crippen LogP contribution in [0.3, 0.4) is 0 Å². The lowest BCUT2D eigenvalue weighted by atomic mass is 10.3. The number of thioether (sulfide) groups is 1. The zero-order valence-corrected chi connectivity index (χ0v) is 14.3. The van der Waals surface area contributed by atoms with Crippen molar-refractivity contribution in [3.8, 4) is 5.69 Å². The highest BCUT2D eigenvalue weighted by atomic mass is 32.2. The minimum atomic E-state index is -0.208. The minimum absolute atomic E-state index is 0.0195. The molecule has 0 aliphatic heterocycles. The van der Waals surface area contributed by atoms with Gasteiger partial charge in [0.1, 0.15) is 0 Å². The maximum absolute atomic E-state index is 12.2. The molecule has 0 saturated heterocycles. The van der Waals surface area contributed by atoms with E-state index < -0.39 is 0 Å². The Labute approximate surface area is 143 Å². The summed E-state index contributed by atoms with van der Waals surface area (Å²) >= 11 is 3.10. The van der Waals surface area contributed by atoms with Gasteiger partial charge in [-0.15, -0.1) is 11.3 Å². The summed E-state index contributed by atoms with van der Waals surface area (Å²) in [5, 5.41) is 5.59. The van der Waals surface area contributed by atoms with Crippen LogP contribution in [0.15, 0.2) is 65.4 Å². The average Bonchev–Trinajstić information content (AvgIpc) is 3.25. The van der Waals surface area contributed by atoms with Gasteiger partial charge in [-0.2, -0.15) is 0 Å². The van der Waals surface area contributed by atoms with E-state index in [-0.39, 0.29) is 11.2 Å². The van der Waals surface area contributed by atoms with Gasteiger partial charge in [-0.3, -0.25) is 9.36 Å². The van der Waals surface area contributed by atoms with Crippen LogP contribution in [0, 0.1) is 0 Å². The lowest BCUT2D eigenvalue weighted by Gasteiger charge is -2.12. The van der Waals surface area contributed by atoms with E-state index in [9.17, 15) is 4.79 Å². The monoisotopic (exact) mass is 343 g/mol. The molecule has 0 saturated carbocycles. The SMILES string of the molecule is C[C@@H](Sc1nccn1-c1ccccc1)C(=O)NCc1cccs1. The standard InChI is InChI=1S/C17H17N3OS2/c1-13(16(21)19-12-15-8-5-11-22-15)23-17-18-9-10-20(17)14-6-3-2-4-7-14/h2-11,13H,12H2,1H3,(H,19,21)/t13-/m1/s1. The van der Waals surface area contributed by atoms with Gasteiger partial charge in [-0.1, -0.05) is 36.0 Å². The van der Waals surface area contributed by atoms with E-state index in [0.717, 1.165) is 15.7 Å². The van der Waals surface area contributed by atoms with Crippen LogP contribution in [-0.4, -0.2) is 20.7 Å². The van der Waals surface area contributed by atoms with E-state index in [0.29, 0.717) is 6.54 Å². The molecule has 1 atom stereocenters. The number of para-hydroxylation sites is 1. The molecule has 0 aliphatic carbocycles. The van der Waals surface area contributed by atoms with Crippen LogP contribution in [-0.2, 0) is 11.3 Å². The number of hydrogen-bond donors (Lipinski definition) is 1. The Morgan fingerprint density at radius 1 is 1.30 bits per heavy atom. The first-order valence-electron chi connectivity index (χ1n) is 7.29. The number of nitrogens with zero attached hydrogens (tertiary/aromatic N) is 2. The summed E-state index contributed by atoms with van der Waals surface area (Å²) in [7, 11) is 0. The highest BCUT2D eigenvalue weighted by Crippen LogP contribution is 2.24. The van der Waals surface area contributed by atoms with Crippen molar-refractivity contribution in [2.45, 2.75) is 23.9 Å². The van der Waals surface area contributed by atoms with Crippen molar-refractivity contribution in [1.29, 1.82) is 0 Å². The number of carbonyl (C=O) groups excluding carboxylic acids is 1. The number of thiophene rings is 1. The molecule has 1 N–H and O–H groups in total. The van der Waals surface area contributed by atoms with Gasteiger partial charge in [0.15, 0.2) is 5.16 Å². The van der Waals surface area contributed by atoms with Crippen LogP contribution in [0.2, 0.25) is 0 Å². The second kappa shape index (κ2) is 7.48. The minimum Gasteiger partial charge on any atom is -0.350 e. The molecule has 0 bridgehead atoms. The fourth-order valence-electron chi connectivity index (χ4n) is 2.10. The molecule has 118 valence electrons. The first-order chi connectivity index (χ1) is 11.2. The summed E-state index contributed by atoms with van der Waals surface area (Å²) in [6.07, 6.45) is 3.67. The normalized spacial score (nSPS) is 12.0. The number of amides is 1. The molecule has 0 radical (unpaired) electrons. The molecule has 0 fully saturated rings. The predicted octanol–water partition coefficient (Wildman–Crippen LogP) is 3.73. The summed E-state index contributed by atoms with van der Waals surface area (Å²) in [5.74, 6) is 0.0195. The number of benzene rings is 1. The van der Waals surface area contributed by atoms with Crippen molar-refractivity contribution in [1.82, 2.24) is 14.9 Å². The maximum atomic E-state index is 12.2. The van der Waals surface area contributed by atoms with Gasteiger partial charge in [0.05, 0.1) is 11.8 Å². The zero-order valence-electron chi connectivity index (χ0n) is 12.7. The van der Waals surface area contributed by atoms with Crippen molar-refractivity contribution < 1.29 is 4.79 Å². The van der Waals surface area contributed by atoms with Crippen LogP contribution in [0.25, 0.3) is 5.69 Å². The van der Waals surface area contributed by atoms with Gasteiger partial charge < -0.3 is 5.32 Å². The molecule has 2 heterocycles. The number of carbonyl (C=O) groups is 1. The van der Waals surface area contributed by atoms with Crippen molar-refractivity contribution in [3.63, 3.8) is 0 Å². The highest BCUT2D eigenvalue weighted by molar-refractivity contribution is 8.00. The fourth-order valence-corrected chi connectivity index (χ4v) is 3.66. The molecular formula is C17H17N3OS2. The third-order valence-electron chi connectivity index (χ3n) is 3.31. The van der Waals surface area contributed by atoms with Crippen molar-refractivity contribution >= 4 is 29.0 Å². The third-order valence-corrected chi connectivity index (χ3v) is 5.27. The Balaban J connectivity index is 1.63. The molecule has 0 aliphatic rings. The quantitative estimate of drug-likeness (QED) is 0.694. The third kappa shape index (κ3) is 4.03. The Bertz CT molecular complexity index is 753. The molecule has 4 nitrogen and oxygen atoms in total. The van der Waals surface area contributed by atoms with Crippen molar-refractivity contribution in [2.75, 3.05) is 0 Å². The molecule has 2 aromatic heterocycles. The van der Waals surface area contributed by atoms with Gasteiger partial charge >= 0.3 is 0 Å². The first-order valence-corrected chi connectivity index (χ1v) is 9.05. The number of aromatic nitrogens is 2. The lowest BCUT2D eigenvalue weighted by Crippen LogP contribution is -2.30. The molecule has 0 spiro atoms. The fraction of sp³-hybridized carbons (Fsp3) is 0.176. The summed E-state index contributed by atoms with van der Waals surface area (Å²) in [6, 6.07) is 14.0. The first kappa shape index (κ1) is 15.8. The van der Waals surface area contributed by atoms with Gasteiger partial charge in [-0.25, -0.2) is 4.98 Å². The predicted molar refractivity (Wildman–Crippen MR) is 95.0 cm³/mol. The van der Waals surface area contributed by atoms with Gasteiger partial charge in [-0.05, 0) is 30.5 Å². The highest BCUT2D eigenvalue weighted by Gasteiger charge is 2.17. The van der Waals surface area contributed by atoms with E-state index in [4.69, 9.17) is 0 Å². The Morgan fingerprint density at radius 3 is 2.87 bits per heavy atom. The smallest absolute Gasteiger partial charge is 0.233 e. The number of rotatable bonds is 6. The van der Waals surface area contributed by atoms with Gasteiger partial charge in [0.2, 0.25) is 5.91 Å². The molecule has 1 amide bonds. The van der Waals surface area contributed by atoms with Crippen LogP contribution in [0.5, 0.6) is 0 Å². The molecule has 3 rings (SSSR count). The Kier molecular flexibility index (Phi) is 5.15. The maximum Gasteiger partial charge on any atom is 0.233 e. The second-order valence-corrected chi connectivity index (χ2v) is 7.31. The average molecular weight is 343 g/mol. The van der Waals surface area contributed by atoms with Crippen LogP contribution in [0.4, 0.5) is 0 Å². The van der Waals surface area contributed by atoms with E-state index in [1.54, 1.807) is 17.5 Å². The van der Waals surface area contributed by atoms with Crippen molar-refractivity contribution in [2.24, 2.45) is 0 Å². The largest absolute Gasteiger partial charge is 0.350 e. The summed E-state index contributed by atoms with van der Waals surface area (Å²) in [5.41, 5.74) is 1.04. The Morgan fingerprint density at radius 2 is 2.13 bits per heavy atom. The van der Waals surface area contributed by atoms with Gasteiger partial charge in [0.25, 0.3) is 0 Å². The topological polar surface area (TPSA) is 46.9 Å². The summed E-state index contributed by atoms with van der Waals surface area (Å²) in [4.78, 5) is 17.8. The van der Waals surface area contributed by atoms with E-state index >= 15 is 0 Å². The lowest BCUT2D eigenvalue weighted by molar-refractivity contribution is -0.120. The van der Waals surface area contributed by atoms with E-state index in [2.05, 4.69) is 10.3 Å². The van der Waals surface area contributed by atoms with E-state index in [1.807, 2.05) is 65.5 Å². The summed E-state index contributed by atoms with van der Waals surface area (Å²) in [6.45, 7) is 2.48. The second-order valence-electron chi connectivity index (χ2n) is 4.97. The number of nitrogens with one attached hydrogen (secondary N) is 1. The summed E-state index contributed by atoms with van der Waals surface area (Å²) < 4.78 is 1.99. The number of hydrogen-bond acceptors (Lipinski definition) is 4. The van der Waals surface area contributed by atoms with Crippen molar-refractivity contribution in [3.05, 3.63) is 65.1 Å². The molecule has 3 aromatic rings.